The van der Waals surface area contributed by atoms with E-state index in [1.807, 2.05) is 0 Å². The van der Waals surface area contributed by atoms with E-state index < -0.39 is 0 Å². The number of likely N-dealkylation sites (tertiary alicyclic amines) is 1. The van der Waals surface area contributed by atoms with Crippen molar-refractivity contribution in [1.82, 2.24) is 4.90 Å². The topological polar surface area (TPSA) is 3.24 Å². The highest BCUT2D eigenvalue weighted by atomic mass is 15.2. The van der Waals surface area contributed by atoms with Gasteiger partial charge in [0.1, 0.15) is 0 Å². The Bertz CT molecular complexity index is 209. The zero-order chi connectivity index (χ0) is 10.8. The van der Waals surface area contributed by atoms with Gasteiger partial charge in [-0.05, 0) is 32.1 Å². The lowest BCUT2D eigenvalue weighted by Crippen LogP contribution is -2.41. The summed E-state index contributed by atoms with van der Waals surface area (Å²) in [6.07, 6.45) is 6.48. The molecule has 0 spiro atoms. The number of hydrogen-bond donors (Lipinski definition) is 0. The van der Waals surface area contributed by atoms with Crippen LogP contribution in [0.4, 0.5) is 0 Å². The predicted octanol–water partition coefficient (Wildman–Crippen LogP) is 3.81. The summed E-state index contributed by atoms with van der Waals surface area (Å²) in [7, 11) is 2.21. The molecule has 0 saturated carbocycles. The monoisotopic (exact) mass is 195 g/mol. The minimum atomic E-state index is 0.367. The molecule has 0 aliphatic carbocycles. The molecule has 0 aromatic heterocycles. The summed E-state index contributed by atoms with van der Waals surface area (Å²) in [4.78, 5) is 2.41. The van der Waals surface area contributed by atoms with Crippen molar-refractivity contribution in [2.45, 2.75) is 58.4 Å². The van der Waals surface area contributed by atoms with E-state index in [-0.39, 0.29) is 0 Å². The Morgan fingerprint density at radius 1 is 1.50 bits per heavy atom. The van der Waals surface area contributed by atoms with Gasteiger partial charge < -0.3 is 4.90 Å². The van der Waals surface area contributed by atoms with E-state index in [1.54, 1.807) is 0 Å². The summed E-state index contributed by atoms with van der Waals surface area (Å²) in [6, 6.07) is 0. The van der Waals surface area contributed by atoms with Crippen molar-refractivity contribution < 1.29 is 0 Å². The lowest BCUT2D eigenvalue weighted by atomic mass is 9.81. The number of nitrogens with zero attached hydrogens (tertiary/aromatic N) is 1. The zero-order valence-electron chi connectivity index (χ0n) is 10.3. The van der Waals surface area contributed by atoms with Crippen LogP contribution < -0.4 is 0 Å². The highest BCUT2D eigenvalue weighted by Crippen LogP contribution is 2.43. The highest BCUT2D eigenvalue weighted by molar-refractivity contribution is 5.12. The van der Waals surface area contributed by atoms with E-state index >= 15 is 0 Å². The molecule has 0 radical (unpaired) electrons. The van der Waals surface area contributed by atoms with Crippen molar-refractivity contribution in [2.75, 3.05) is 7.05 Å². The summed E-state index contributed by atoms with van der Waals surface area (Å²) < 4.78 is 0. The van der Waals surface area contributed by atoms with Crippen LogP contribution in [0, 0.1) is 5.92 Å². The Kier molecular flexibility index (Phi) is 3.63. The SMILES string of the molecule is C=C1CC(CCCC)C(C)(CC)N1C. The fraction of sp³-hybridized carbons (Fsp3) is 0.846. The molecule has 14 heavy (non-hydrogen) atoms. The van der Waals surface area contributed by atoms with Gasteiger partial charge in [-0.15, -0.1) is 0 Å². The molecule has 1 rings (SSSR count). The lowest BCUT2D eigenvalue weighted by Gasteiger charge is -2.38. The molecule has 82 valence electrons. The van der Waals surface area contributed by atoms with Gasteiger partial charge in [0.05, 0.1) is 0 Å². The zero-order valence-corrected chi connectivity index (χ0v) is 10.3. The lowest BCUT2D eigenvalue weighted by molar-refractivity contribution is 0.152. The third kappa shape index (κ3) is 1.82. The van der Waals surface area contributed by atoms with Crippen LogP contribution in [0.3, 0.4) is 0 Å². The molecule has 1 aliphatic heterocycles. The Morgan fingerprint density at radius 2 is 2.14 bits per heavy atom. The maximum Gasteiger partial charge on any atom is 0.0397 e. The smallest absolute Gasteiger partial charge is 0.0397 e. The third-order valence-electron chi connectivity index (χ3n) is 4.22. The van der Waals surface area contributed by atoms with E-state index in [4.69, 9.17) is 0 Å². The summed E-state index contributed by atoms with van der Waals surface area (Å²) in [6.45, 7) is 11.1. The standard InChI is InChI=1S/C13H25N/c1-6-8-9-12-10-11(3)14(5)13(12,4)7-2/h12H,3,6-10H2,1-2,4-5H3. The van der Waals surface area contributed by atoms with Crippen molar-refractivity contribution in [2.24, 2.45) is 5.92 Å². The quantitative estimate of drug-likeness (QED) is 0.659. The van der Waals surface area contributed by atoms with Gasteiger partial charge in [-0.2, -0.15) is 0 Å². The Hall–Kier alpha value is -0.460. The third-order valence-corrected chi connectivity index (χ3v) is 4.22. The molecule has 0 aromatic rings. The molecule has 1 fully saturated rings. The Morgan fingerprint density at radius 3 is 2.64 bits per heavy atom. The Labute approximate surface area is 89.2 Å². The maximum atomic E-state index is 4.16. The average molecular weight is 195 g/mol. The molecule has 1 aliphatic rings. The van der Waals surface area contributed by atoms with Crippen LogP contribution in [0.25, 0.3) is 0 Å². The van der Waals surface area contributed by atoms with Crippen LogP contribution >= 0.6 is 0 Å². The summed E-state index contributed by atoms with van der Waals surface area (Å²) >= 11 is 0. The van der Waals surface area contributed by atoms with E-state index in [1.165, 1.54) is 37.8 Å². The van der Waals surface area contributed by atoms with Crippen molar-refractivity contribution in [3.63, 3.8) is 0 Å². The molecule has 2 atom stereocenters. The van der Waals surface area contributed by atoms with Crippen LogP contribution in [0.15, 0.2) is 12.3 Å². The normalized spacial score (nSPS) is 32.7. The molecule has 0 N–H and O–H groups in total. The predicted molar refractivity (Wildman–Crippen MR) is 63.2 cm³/mol. The van der Waals surface area contributed by atoms with Gasteiger partial charge in [-0.1, -0.05) is 33.3 Å². The molecule has 1 saturated heterocycles. The van der Waals surface area contributed by atoms with Crippen molar-refractivity contribution in [3.8, 4) is 0 Å². The molecule has 0 bridgehead atoms. The van der Waals surface area contributed by atoms with Gasteiger partial charge in [-0.3, -0.25) is 0 Å². The van der Waals surface area contributed by atoms with E-state index in [0.29, 0.717) is 5.54 Å². The van der Waals surface area contributed by atoms with E-state index in [9.17, 15) is 0 Å². The van der Waals surface area contributed by atoms with Crippen LogP contribution in [-0.4, -0.2) is 17.5 Å². The van der Waals surface area contributed by atoms with Gasteiger partial charge in [0.2, 0.25) is 0 Å². The molecule has 0 amide bonds. The molecule has 0 aromatic carbocycles. The second-order valence-corrected chi connectivity index (χ2v) is 4.88. The van der Waals surface area contributed by atoms with Crippen LogP contribution in [0.5, 0.6) is 0 Å². The van der Waals surface area contributed by atoms with Crippen LogP contribution in [-0.2, 0) is 0 Å². The first kappa shape index (κ1) is 11.6. The molecule has 1 heteroatoms. The maximum absolute atomic E-state index is 4.16. The van der Waals surface area contributed by atoms with Gasteiger partial charge in [-0.25, -0.2) is 0 Å². The molecule has 1 heterocycles. The fourth-order valence-electron chi connectivity index (χ4n) is 2.67. The summed E-state index contributed by atoms with van der Waals surface area (Å²) in [5.41, 5.74) is 1.70. The first-order chi connectivity index (χ1) is 6.56. The number of allylic oxidation sites excluding steroid dienone is 1. The van der Waals surface area contributed by atoms with Crippen LogP contribution in [0.2, 0.25) is 0 Å². The van der Waals surface area contributed by atoms with Crippen molar-refractivity contribution in [1.29, 1.82) is 0 Å². The van der Waals surface area contributed by atoms with E-state index in [2.05, 4.69) is 39.3 Å². The average Bonchev–Trinajstić information content (AvgIpc) is 2.40. The van der Waals surface area contributed by atoms with Crippen LogP contribution in [0.1, 0.15) is 52.9 Å². The second kappa shape index (κ2) is 4.37. The van der Waals surface area contributed by atoms with Gasteiger partial charge in [0.25, 0.3) is 0 Å². The number of rotatable bonds is 4. The number of unbranched alkanes of at least 4 members (excludes halogenated alkanes) is 1. The Balaban J connectivity index is 2.70. The van der Waals surface area contributed by atoms with Gasteiger partial charge in [0.15, 0.2) is 0 Å². The minimum Gasteiger partial charge on any atom is -0.373 e. The molecular formula is C13H25N. The largest absolute Gasteiger partial charge is 0.373 e. The summed E-state index contributed by atoms with van der Waals surface area (Å²) in [5, 5.41) is 0. The first-order valence-electron chi connectivity index (χ1n) is 5.97. The van der Waals surface area contributed by atoms with Gasteiger partial charge in [0, 0.05) is 18.3 Å². The van der Waals surface area contributed by atoms with Crippen molar-refractivity contribution >= 4 is 0 Å². The highest BCUT2D eigenvalue weighted by Gasteiger charge is 2.42. The van der Waals surface area contributed by atoms with Gasteiger partial charge >= 0.3 is 0 Å². The first-order valence-corrected chi connectivity index (χ1v) is 5.97. The summed E-state index contributed by atoms with van der Waals surface area (Å²) in [5.74, 6) is 0.824. The second-order valence-electron chi connectivity index (χ2n) is 4.88. The number of hydrogen-bond acceptors (Lipinski definition) is 1. The fourth-order valence-corrected chi connectivity index (χ4v) is 2.67. The molecular weight excluding hydrogens is 170 g/mol. The molecule has 1 nitrogen and oxygen atoms in total. The van der Waals surface area contributed by atoms with Crippen molar-refractivity contribution in [3.05, 3.63) is 12.3 Å². The van der Waals surface area contributed by atoms with E-state index in [0.717, 1.165) is 5.92 Å². The molecule has 2 unspecified atom stereocenters. The minimum absolute atomic E-state index is 0.367.